The molecule has 0 saturated heterocycles. The van der Waals surface area contributed by atoms with Gasteiger partial charge in [-0.3, -0.25) is 9.78 Å². The number of nitriles is 1. The molecule has 0 saturated carbocycles. The maximum Gasteiger partial charge on any atom is 0.271 e. The van der Waals surface area contributed by atoms with E-state index in [0.717, 1.165) is 10.8 Å². The largest absolute Gasteiger partial charge is 0.493 e. The topological polar surface area (TPSA) is 84.2 Å². The Morgan fingerprint density at radius 1 is 1.12 bits per heavy atom. The Labute approximate surface area is 151 Å². The van der Waals surface area contributed by atoms with E-state index in [1.807, 2.05) is 30.3 Å². The average Bonchev–Trinajstić information content (AvgIpc) is 2.70. The molecule has 0 aliphatic carbocycles. The molecule has 3 aromatic rings. The van der Waals surface area contributed by atoms with Crippen molar-refractivity contribution in [3.63, 3.8) is 0 Å². The fraction of sp³-hybridized carbons (Fsp3) is 0.150. The van der Waals surface area contributed by atoms with E-state index in [-0.39, 0.29) is 5.69 Å². The van der Waals surface area contributed by atoms with E-state index in [9.17, 15) is 10.1 Å². The highest BCUT2D eigenvalue weighted by molar-refractivity contribution is 6.05. The van der Waals surface area contributed by atoms with Crippen LogP contribution in [-0.4, -0.2) is 25.1 Å². The van der Waals surface area contributed by atoms with E-state index in [1.54, 1.807) is 24.4 Å². The number of carbonyl (C=O) groups is 1. The van der Waals surface area contributed by atoms with Crippen molar-refractivity contribution in [2.24, 2.45) is 0 Å². The smallest absolute Gasteiger partial charge is 0.271 e. The third-order valence-electron chi connectivity index (χ3n) is 4.04. The zero-order valence-electron chi connectivity index (χ0n) is 14.4. The summed E-state index contributed by atoms with van der Waals surface area (Å²) in [6, 6.07) is 15.7. The van der Waals surface area contributed by atoms with E-state index in [4.69, 9.17) is 9.47 Å². The van der Waals surface area contributed by atoms with Crippen LogP contribution in [0.4, 0.5) is 0 Å². The monoisotopic (exact) mass is 347 g/mol. The highest BCUT2D eigenvalue weighted by Gasteiger charge is 2.22. The Bertz CT molecular complexity index is 990. The van der Waals surface area contributed by atoms with Crippen LogP contribution in [0, 0.1) is 11.3 Å². The zero-order chi connectivity index (χ0) is 18.5. The summed E-state index contributed by atoms with van der Waals surface area (Å²) in [7, 11) is 3.01. The summed E-state index contributed by atoms with van der Waals surface area (Å²) in [6.07, 6.45) is 1.57. The second-order valence-corrected chi connectivity index (χ2v) is 5.50. The second kappa shape index (κ2) is 7.53. The van der Waals surface area contributed by atoms with Gasteiger partial charge in [-0.25, -0.2) is 0 Å². The lowest BCUT2D eigenvalue weighted by Crippen LogP contribution is -2.28. The van der Waals surface area contributed by atoms with Gasteiger partial charge < -0.3 is 14.8 Å². The van der Waals surface area contributed by atoms with Crippen molar-refractivity contribution in [2.45, 2.75) is 6.04 Å². The van der Waals surface area contributed by atoms with Crippen LogP contribution in [0.3, 0.4) is 0 Å². The number of fused-ring (bicyclic) bond motifs is 1. The molecule has 0 aliphatic rings. The van der Waals surface area contributed by atoms with Crippen LogP contribution in [-0.2, 0) is 0 Å². The van der Waals surface area contributed by atoms with Crippen LogP contribution in [0.15, 0.2) is 54.7 Å². The first-order valence-electron chi connectivity index (χ1n) is 7.94. The van der Waals surface area contributed by atoms with Crippen LogP contribution in [0.2, 0.25) is 0 Å². The first kappa shape index (κ1) is 17.2. The van der Waals surface area contributed by atoms with Crippen molar-refractivity contribution < 1.29 is 14.3 Å². The SMILES string of the molecule is COc1cccc([C@H](C#N)NC(=O)c2nccc3ccccc23)c1OC. The van der Waals surface area contributed by atoms with Crippen LogP contribution in [0.1, 0.15) is 22.1 Å². The summed E-state index contributed by atoms with van der Waals surface area (Å²) in [5.41, 5.74) is 0.785. The summed E-state index contributed by atoms with van der Waals surface area (Å²) in [4.78, 5) is 16.9. The number of benzene rings is 2. The van der Waals surface area contributed by atoms with Crippen molar-refractivity contribution in [3.8, 4) is 17.6 Å². The van der Waals surface area contributed by atoms with E-state index in [0.29, 0.717) is 17.1 Å². The molecular formula is C20H17N3O3. The minimum absolute atomic E-state index is 0.269. The van der Waals surface area contributed by atoms with E-state index < -0.39 is 11.9 Å². The Balaban J connectivity index is 1.96. The van der Waals surface area contributed by atoms with E-state index >= 15 is 0 Å². The molecule has 1 atom stereocenters. The predicted octanol–water partition coefficient (Wildman–Crippen LogP) is 3.25. The van der Waals surface area contributed by atoms with Crippen molar-refractivity contribution in [1.29, 1.82) is 5.26 Å². The number of aromatic nitrogens is 1. The molecule has 1 N–H and O–H groups in total. The molecule has 130 valence electrons. The van der Waals surface area contributed by atoms with Crippen LogP contribution >= 0.6 is 0 Å². The Morgan fingerprint density at radius 3 is 2.65 bits per heavy atom. The minimum Gasteiger partial charge on any atom is -0.493 e. The number of amides is 1. The Kier molecular flexibility index (Phi) is 4.99. The fourth-order valence-corrected chi connectivity index (χ4v) is 2.82. The highest BCUT2D eigenvalue weighted by Crippen LogP contribution is 2.34. The number of pyridine rings is 1. The molecular weight excluding hydrogens is 330 g/mol. The third-order valence-corrected chi connectivity index (χ3v) is 4.04. The van der Waals surface area contributed by atoms with Gasteiger partial charge in [-0.2, -0.15) is 5.26 Å². The van der Waals surface area contributed by atoms with Crippen molar-refractivity contribution in [3.05, 3.63) is 66.0 Å². The maximum absolute atomic E-state index is 12.8. The summed E-state index contributed by atoms with van der Waals surface area (Å²) in [6.45, 7) is 0. The molecule has 0 spiro atoms. The van der Waals surface area contributed by atoms with Crippen LogP contribution < -0.4 is 14.8 Å². The summed E-state index contributed by atoms with van der Waals surface area (Å²) in [5, 5.41) is 13.9. The first-order chi connectivity index (χ1) is 12.7. The molecule has 1 aromatic heterocycles. The Morgan fingerprint density at radius 2 is 1.92 bits per heavy atom. The third kappa shape index (κ3) is 3.15. The molecule has 6 nitrogen and oxygen atoms in total. The molecule has 2 aromatic carbocycles. The fourth-order valence-electron chi connectivity index (χ4n) is 2.82. The molecule has 6 heteroatoms. The number of hydrogen-bond acceptors (Lipinski definition) is 5. The van der Waals surface area contributed by atoms with Gasteiger partial charge in [0.15, 0.2) is 11.5 Å². The van der Waals surface area contributed by atoms with Gasteiger partial charge in [-0.15, -0.1) is 0 Å². The standard InChI is InChI=1S/C20H17N3O3/c1-25-17-9-5-8-15(19(17)26-2)16(12-21)23-20(24)18-14-7-4-3-6-13(14)10-11-22-18/h3-11,16H,1-2H3,(H,23,24)/t16-/m0/s1. The predicted molar refractivity (Wildman–Crippen MR) is 97.1 cm³/mol. The number of ether oxygens (including phenoxy) is 2. The second-order valence-electron chi connectivity index (χ2n) is 5.50. The van der Waals surface area contributed by atoms with Gasteiger partial charge in [0.05, 0.1) is 20.3 Å². The normalized spacial score (nSPS) is 11.4. The number of carbonyl (C=O) groups excluding carboxylic acids is 1. The number of nitrogens with one attached hydrogen (secondary N) is 1. The number of methoxy groups -OCH3 is 2. The van der Waals surface area contributed by atoms with Crippen LogP contribution in [0.25, 0.3) is 10.8 Å². The minimum atomic E-state index is -0.909. The molecule has 0 bridgehead atoms. The van der Waals surface area contributed by atoms with Gasteiger partial charge in [0, 0.05) is 17.1 Å². The lowest BCUT2D eigenvalue weighted by Gasteiger charge is -2.17. The average molecular weight is 347 g/mol. The van der Waals surface area contributed by atoms with E-state index in [1.165, 1.54) is 14.2 Å². The van der Waals surface area contributed by atoms with Gasteiger partial charge in [0.25, 0.3) is 5.91 Å². The molecule has 0 unspecified atom stereocenters. The molecule has 1 heterocycles. The molecule has 26 heavy (non-hydrogen) atoms. The Hall–Kier alpha value is -3.59. The number of rotatable bonds is 5. The molecule has 3 rings (SSSR count). The molecule has 1 amide bonds. The van der Waals surface area contributed by atoms with Gasteiger partial charge in [0.2, 0.25) is 0 Å². The highest BCUT2D eigenvalue weighted by atomic mass is 16.5. The van der Waals surface area contributed by atoms with Gasteiger partial charge in [-0.1, -0.05) is 36.4 Å². The van der Waals surface area contributed by atoms with Gasteiger partial charge in [0.1, 0.15) is 11.7 Å². The summed E-state index contributed by atoms with van der Waals surface area (Å²) >= 11 is 0. The molecule has 0 fully saturated rings. The number of hydrogen-bond donors (Lipinski definition) is 1. The van der Waals surface area contributed by atoms with Crippen LogP contribution in [0.5, 0.6) is 11.5 Å². The first-order valence-corrected chi connectivity index (χ1v) is 7.94. The lowest BCUT2D eigenvalue weighted by molar-refractivity contribution is 0.0941. The van der Waals surface area contributed by atoms with Crippen molar-refractivity contribution >= 4 is 16.7 Å². The summed E-state index contributed by atoms with van der Waals surface area (Å²) in [5.74, 6) is 0.466. The molecule has 0 radical (unpaired) electrons. The van der Waals surface area contributed by atoms with Crippen molar-refractivity contribution in [1.82, 2.24) is 10.3 Å². The number of nitrogens with zero attached hydrogens (tertiary/aromatic N) is 2. The quantitative estimate of drug-likeness (QED) is 0.766. The van der Waals surface area contributed by atoms with Gasteiger partial charge >= 0.3 is 0 Å². The zero-order valence-corrected chi connectivity index (χ0v) is 14.4. The summed E-state index contributed by atoms with van der Waals surface area (Å²) < 4.78 is 10.6. The van der Waals surface area contributed by atoms with E-state index in [2.05, 4.69) is 16.4 Å². The van der Waals surface area contributed by atoms with Crippen molar-refractivity contribution in [2.75, 3.05) is 14.2 Å². The lowest BCUT2D eigenvalue weighted by atomic mass is 10.0. The number of para-hydroxylation sites is 1. The van der Waals surface area contributed by atoms with Gasteiger partial charge in [-0.05, 0) is 17.5 Å². The molecule has 0 aliphatic heterocycles. The maximum atomic E-state index is 12.8.